The summed E-state index contributed by atoms with van der Waals surface area (Å²) in [6, 6.07) is 15.9. The zero-order chi connectivity index (χ0) is 34.6. The van der Waals surface area contributed by atoms with Crippen LogP contribution in [0.1, 0.15) is 172 Å². The average Bonchev–Trinajstić information content (AvgIpc) is 3.05. The normalized spacial score (nSPS) is 9.40. The van der Waals surface area contributed by atoms with Gasteiger partial charge in [-0.15, -0.1) is 0 Å². The molecule has 0 unspecified atom stereocenters. The molecule has 0 bridgehead atoms. The maximum atomic E-state index is 10.3. The first kappa shape index (κ1) is 50.5. The molecule has 0 aliphatic heterocycles. The van der Waals surface area contributed by atoms with Gasteiger partial charge in [0.05, 0.1) is 0 Å². The molecule has 0 N–H and O–H groups in total. The number of allylic oxidation sites excluding steroid dienone is 2. The maximum absolute atomic E-state index is 10.3. The average molecular weight is 599 g/mol. The fourth-order valence-electron chi connectivity index (χ4n) is 4.05. The largest absolute Gasteiger partial charge is 0.295 e. The standard InChI is InChI=1S/C23H32.C6H10O.C5H12.4C2H6/c1-5-7-20(8-6-2)13-14-21-12-11-19(4)23(17-21)22-15-9-18(3)10-16-22;1-4-5(2)6(3)7;1-3-5-4-2;4*1-2/h9-12,15-17,20H,5-8,13-14H2,1-4H3;4H,1-3H3;3-5H2,1-2H3;4*1-2H3/b;5-4+;;;;;. The topological polar surface area (TPSA) is 17.1 Å². The molecule has 43 heavy (non-hydrogen) atoms. The quantitative estimate of drug-likeness (QED) is 0.235. The summed E-state index contributed by atoms with van der Waals surface area (Å²) in [7, 11) is 0. The van der Waals surface area contributed by atoms with Crippen molar-refractivity contribution in [1.82, 2.24) is 0 Å². The molecule has 2 aromatic carbocycles. The molecule has 0 amide bonds. The van der Waals surface area contributed by atoms with E-state index in [4.69, 9.17) is 0 Å². The van der Waals surface area contributed by atoms with Gasteiger partial charge in [-0.05, 0) is 81.2 Å². The highest BCUT2D eigenvalue weighted by Gasteiger charge is 2.09. The van der Waals surface area contributed by atoms with Crippen molar-refractivity contribution in [3.63, 3.8) is 0 Å². The van der Waals surface area contributed by atoms with Gasteiger partial charge in [0.2, 0.25) is 0 Å². The molecule has 0 saturated heterocycles. The van der Waals surface area contributed by atoms with Gasteiger partial charge in [-0.2, -0.15) is 0 Å². The minimum Gasteiger partial charge on any atom is -0.295 e. The third kappa shape index (κ3) is 29.7. The van der Waals surface area contributed by atoms with E-state index in [9.17, 15) is 4.79 Å². The van der Waals surface area contributed by atoms with E-state index in [1.54, 1.807) is 6.92 Å². The summed E-state index contributed by atoms with van der Waals surface area (Å²) in [6.45, 7) is 34.6. The molecule has 0 atom stereocenters. The summed E-state index contributed by atoms with van der Waals surface area (Å²) in [5.41, 5.74) is 7.75. The first-order valence-electron chi connectivity index (χ1n) is 18.0. The Morgan fingerprint density at radius 2 is 1.14 bits per heavy atom. The summed E-state index contributed by atoms with van der Waals surface area (Å²) >= 11 is 0. The Morgan fingerprint density at radius 1 is 0.674 bits per heavy atom. The number of carbonyl (C=O) groups excluding carboxylic acids is 1. The van der Waals surface area contributed by atoms with Gasteiger partial charge in [0.25, 0.3) is 0 Å². The molecule has 0 saturated carbocycles. The first-order valence-corrected chi connectivity index (χ1v) is 18.0. The zero-order valence-corrected chi connectivity index (χ0v) is 32.5. The van der Waals surface area contributed by atoms with Gasteiger partial charge in [0, 0.05) is 0 Å². The van der Waals surface area contributed by atoms with Crippen molar-refractivity contribution in [2.75, 3.05) is 0 Å². The van der Waals surface area contributed by atoms with Crippen molar-refractivity contribution in [3.8, 4) is 11.1 Å². The van der Waals surface area contributed by atoms with Crippen LogP contribution in [0.4, 0.5) is 0 Å². The first-order chi connectivity index (χ1) is 20.7. The Balaban J connectivity index is -0.000000199. The minimum atomic E-state index is 0.155. The monoisotopic (exact) mass is 599 g/mol. The van der Waals surface area contributed by atoms with Crippen LogP contribution in [0.3, 0.4) is 0 Å². The summed E-state index contributed by atoms with van der Waals surface area (Å²) in [6.07, 6.45) is 13.8. The second kappa shape index (κ2) is 39.8. The summed E-state index contributed by atoms with van der Waals surface area (Å²) < 4.78 is 0. The molecule has 2 rings (SSSR count). The minimum absolute atomic E-state index is 0.155. The molecular weight excluding hydrogens is 520 g/mol. The van der Waals surface area contributed by atoms with E-state index in [0.29, 0.717) is 0 Å². The van der Waals surface area contributed by atoms with Crippen LogP contribution < -0.4 is 0 Å². The van der Waals surface area contributed by atoms with E-state index in [2.05, 4.69) is 84.0 Å². The zero-order valence-electron chi connectivity index (χ0n) is 32.5. The highest BCUT2D eigenvalue weighted by Crippen LogP contribution is 2.27. The molecule has 252 valence electrons. The van der Waals surface area contributed by atoms with Crippen LogP contribution in [0.2, 0.25) is 0 Å². The number of Topliss-reactive ketones (excluding diaryl/α,β-unsaturated/α-hetero) is 1. The lowest BCUT2D eigenvalue weighted by Crippen LogP contribution is -2.02. The molecule has 2 aromatic rings. The smallest absolute Gasteiger partial charge is 0.155 e. The Morgan fingerprint density at radius 3 is 1.47 bits per heavy atom. The molecule has 1 nitrogen and oxygen atoms in total. The summed E-state index contributed by atoms with van der Waals surface area (Å²) in [5, 5.41) is 0. The number of aryl methyl sites for hydroxylation is 3. The van der Waals surface area contributed by atoms with Crippen molar-refractivity contribution in [3.05, 3.63) is 70.8 Å². The number of hydrogen-bond acceptors (Lipinski definition) is 1. The Bertz CT molecular complexity index is 834. The van der Waals surface area contributed by atoms with Crippen molar-refractivity contribution in [1.29, 1.82) is 0 Å². The molecule has 0 spiro atoms. The maximum Gasteiger partial charge on any atom is 0.155 e. The number of benzene rings is 2. The molecular formula is C42H78O. The molecule has 0 radical (unpaired) electrons. The second-order valence-corrected chi connectivity index (χ2v) is 9.88. The van der Waals surface area contributed by atoms with E-state index in [1.165, 1.54) is 85.6 Å². The van der Waals surface area contributed by atoms with Gasteiger partial charge >= 0.3 is 0 Å². The lowest BCUT2D eigenvalue weighted by Gasteiger charge is -2.16. The highest BCUT2D eigenvalue weighted by atomic mass is 16.1. The third-order valence-electron chi connectivity index (χ3n) is 6.60. The number of unbranched alkanes of at least 4 members (excludes halogenated alkanes) is 2. The van der Waals surface area contributed by atoms with Crippen molar-refractivity contribution in [2.45, 2.75) is 175 Å². The lowest BCUT2D eigenvalue weighted by atomic mass is 9.90. The van der Waals surface area contributed by atoms with Gasteiger partial charge in [-0.25, -0.2) is 0 Å². The van der Waals surface area contributed by atoms with Crippen LogP contribution in [0.5, 0.6) is 0 Å². The van der Waals surface area contributed by atoms with Crippen molar-refractivity contribution < 1.29 is 4.79 Å². The van der Waals surface area contributed by atoms with Crippen molar-refractivity contribution in [2.24, 2.45) is 5.92 Å². The van der Waals surface area contributed by atoms with Crippen LogP contribution in [0, 0.1) is 19.8 Å². The number of carbonyl (C=O) groups is 1. The SMILES string of the molecule is C/C=C(\C)C(C)=O.CC.CC.CC.CC.CCCC(CCC)CCc1ccc(C)c(-c2ccc(C)cc2)c1.CCCCC. The lowest BCUT2D eigenvalue weighted by molar-refractivity contribution is -0.113. The van der Waals surface area contributed by atoms with E-state index in [0.717, 1.165) is 11.5 Å². The Kier molecular flexibility index (Phi) is 46.8. The van der Waals surface area contributed by atoms with Gasteiger partial charge < -0.3 is 0 Å². The molecule has 0 aliphatic carbocycles. The van der Waals surface area contributed by atoms with Crippen LogP contribution in [0.25, 0.3) is 11.1 Å². The number of ketones is 1. The van der Waals surface area contributed by atoms with Crippen LogP contribution in [0.15, 0.2) is 54.1 Å². The fourth-order valence-corrected chi connectivity index (χ4v) is 4.05. The van der Waals surface area contributed by atoms with E-state index in [-0.39, 0.29) is 5.78 Å². The molecule has 0 fully saturated rings. The molecule has 0 heterocycles. The Labute approximate surface area is 273 Å². The predicted octanol–water partition coefficient (Wildman–Crippen LogP) is 15.0. The third-order valence-corrected chi connectivity index (χ3v) is 6.60. The van der Waals surface area contributed by atoms with Gasteiger partial charge in [-0.1, -0.05) is 182 Å². The summed E-state index contributed by atoms with van der Waals surface area (Å²) in [4.78, 5) is 10.3. The molecule has 0 aliphatic rings. The van der Waals surface area contributed by atoms with Gasteiger partial charge in [-0.3, -0.25) is 4.79 Å². The summed E-state index contributed by atoms with van der Waals surface area (Å²) in [5.74, 6) is 1.05. The van der Waals surface area contributed by atoms with Crippen molar-refractivity contribution >= 4 is 5.78 Å². The van der Waals surface area contributed by atoms with Gasteiger partial charge in [0.1, 0.15) is 0 Å². The molecule has 1 heteroatoms. The van der Waals surface area contributed by atoms with E-state index < -0.39 is 0 Å². The molecule has 0 aromatic heterocycles. The van der Waals surface area contributed by atoms with E-state index >= 15 is 0 Å². The van der Waals surface area contributed by atoms with Crippen LogP contribution in [-0.2, 0) is 11.2 Å². The second-order valence-electron chi connectivity index (χ2n) is 9.88. The van der Waals surface area contributed by atoms with Crippen LogP contribution >= 0.6 is 0 Å². The fraction of sp³-hybridized carbons (Fsp3) is 0.643. The highest BCUT2D eigenvalue weighted by molar-refractivity contribution is 5.92. The van der Waals surface area contributed by atoms with E-state index in [1.807, 2.05) is 75.3 Å². The Hall–Kier alpha value is -2.15. The number of rotatable bonds is 11. The van der Waals surface area contributed by atoms with Crippen LogP contribution in [-0.4, -0.2) is 5.78 Å². The van der Waals surface area contributed by atoms with Gasteiger partial charge in [0.15, 0.2) is 5.78 Å². The predicted molar refractivity (Wildman–Crippen MR) is 204 cm³/mol. The number of hydrogen-bond donors (Lipinski definition) is 0.